The van der Waals surface area contributed by atoms with Gasteiger partial charge in [0.15, 0.2) is 0 Å². The fourth-order valence-corrected chi connectivity index (χ4v) is 2.52. The Balaban J connectivity index is 1.89. The van der Waals surface area contributed by atoms with Crippen LogP contribution in [0.1, 0.15) is 25.3 Å². The highest BCUT2D eigenvalue weighted by molar-refractivity contribution is 5.41. The lowest BCUT2D eigenvalue weighted by Gasteiger charge is -2.33. The van der Waals surface area contributed by atoms with E-state index in [2.05, 4.69) is 4.90 Å². The van der Waals surface area contributed by atoms with Gasteiger partial charge in [0, 0.05) is 6.54 Å². The molecule has 3 nitrogen and oxygen atoms in total. The summed E-state index contributed by atoms with van der Waals surface area (Å²) in [5, 5.41) is 9.54. The fraction of sp³-hybridized carbons (Fsp3) is 0.571. The average Bonchev–Trinajstić information content (AvgIpc) is 2.34. The van der Waals surface area contributed by atoms with Gasteiger partial charge in [-0.25, -0.2) is 4.39 Å². The van der Waals surface area contributed by atoms with Crippen molar-refractivity contribution in [3.05, 3.63) is 29.6 Å². The van der Waals surface area contributed by atoms with Gasteiger partial charge < -0.3 is 10.8 Å². The Morgan fingerprint density at radius 1 is 1.44 bits per heavy atom. The van der Waals surface area contributed by atoms with Gasteiger partial charge in [0.25, 0.3) is 0 Å². The molecule has 18 heavy (non-hydrogen) atoms. The van der Waals surface area contributed by atoms with E-state index in [-0.39, 0.29) is 17.6 Å². The van der Waals surface area contributed by atoms with Crippen molar-refractivity contribution in [2.75, 3.05) is 18.8 Å². The van der Waals surface area contributed by atoms with Crippen molar-refractivity contribution >= 4 is 5.69 Å². The van der Waals surface area contributed by atoms with Crippen molar-refractivity contribution in [1.29, 1.82) is 0 Å². The maximum atomic E-state index is 13.3. The lowest BCUT2D eigenvalue weighted by Crippen LogP contribution is -2.36. The predicted molar refractivity (Wildman–Crippen MR) is 70.5 cm³/mol. The van der Waals surface area contributed by atoms with Gasteiger partial charge in [-0.3, -0.25) is 4.90 Å². The number of hydrogen-bond donors (Lipinski definition) is 2. The molecule has 1 aliphatic heterocycles. The zero-order valence-corrected chi connectivity index (χ0v) is 10.8. The summed E-state index contributed by atoms with van der Waals surface area (Å²) in [7, 11) is 0. The van der Waals surface area contributed by atoms with E-state index in [1.54, 1.807) is 6.07 Å². The van der Waals surface area contributed by atoms with Gasteiger partial charge in [-0.15, -0.1) is 0 Å². The largest absolute Gasteiger partial charge is 0.396 e. The molecule has 1 aromatic rings. The molecule has 1 heterocycles. The minimum absolute atomic E-state index is 0.201. The Morgan fingerprint density at radius 3 is 2.67 bits per heavy atom. The van der Waals surface area contributed by atoms with Gasteiger partial charge in [0.2, 0.25) is 0 Å². The van der Waals surface area contributed by atoms with Crippen molar-refractivity contribution < 1.29 is 9.50 Å². The van der Waals surface area contributed by atoms with Crippen molar-refractivity contribution in [3.63, 3.8) is 0 Å². The number of likely N-dealkylation sites (tertiary alicyclic amines) is 1. The van der Waals surface area contributed by atoms with Crippen LogP contribution in [0, 0.1) is 11.7 Å². The summed E-state index contributed by atoms with van der Waals surface area (Å²) in [5.41, 5.74) is 6.61. The van der Waals surface area contributed by atoms with Gasteiger partial charge in [-0.05, 0) is 56.5 Å². The Hall–Kier alpha value is -1.13. The van der Waals surface area contributed by atoms with E-state index in [1.165, 1.54) is 6.07 Å². The van der Waals surface area contributed by atoms with E-state index in [9.17, 15) is 9.50 Å². The molecule has 0 amide bonds. The number of halogens is 1. The Labute approximate surface area is 107 Å². The number of benzene rings is 1. The molecule has 0 spiro atoms. The van der Waals surface area contributed by atoms with Crippen LogP contribution in [0.5, 0.6) is 0 Å². The number of anilines is 1. The number of nitrogens with two attached hydrogens (primary N) is 1. The van der Waals surface area contributed by atoms with Crippen LogP contribution in [0.4, 0.5) is 10.1 Å². The van der Waals surface area contributed by atoms with Crippen LogP contribution in [-0.4, -0.2) is 29.2 Å². The van der Waals surface area contributed by atoms with Gasteiger partial charge in [-0.2, -0.15) is 0 Å². The third-order valence-corrected chi connectivity index (χ3v) is 3.79. The monoisotopic (exact) mass is 252 g/mol. The average molecular weight is 252 g/mol. The molecule has 1 fully saturated rings. The second-order valence-corrected chi connectivity index (χ2v) is 5.21. The Kier molecular flexibility index (Phi) is 4.19. The Morgan fingerprint density at radius 2 is 2.11 bits per heavy atom. The quantitative estimate of drug-likeness (QED) is 0.809. The predicted octanol–water partition coefficient (Wildman–Crippen LogP) is 2.00. The summed E-state index contributed by atoms with van der Waals surface area (Å²) in [4.78, 5) is 2.30. The van der Waals surface area contributed by atoms with Crippen LogP contribution < -0.4 is 5.73 Å². The van der Waals surface area contributed by atoms with E-state index in [0.29, 0.717) is 5.92 Å². The number of nitrogen functional groups attached to an aromatic ring is 1. The van der Waals surface area contributed by atoms with Crippen molar-refractivity contribution in [1.82, 2.24) is 4.90 Å². The van der Waals surface area contributed by atoms with Crippen LogP contribution in [0.15, 0.2) is 18.2 Å². The second-order valence-electron chi connectivity index (χ2n) is 5.21. The summed E-state index contributed by atoms with van der Waals surface area (Å²) in [6, 6.07) is 5.00. The molecule has 0 bridgehead atoms. The van der Waals surface area contributed by atoms with Gasteiger partial charge in [0.1, 0.15) is 5.82 Å². The number of rotatable bonds is 3. The number of hydrogen-bond acceptors (Lipinski definition) is 3. The maximum absolute atomic E-state index is 13.3. The summed E-state index contributed by atoms with van der Waals surface area (Å²) in [6.07, 6.45) is 1.80. The highest BCUT2D eigenvalue weighted by atomic mass is 19.1. The number of nitrogens with zero attached hydrogens (tertiary/aromatic N) is 1. The standard InChI is InChI=1S/C14H21FN2O/c1-10(18)12-4-6-17(7-5-12)9-11-2-3-14(16)13(15)8-11/h2-3,8,10,12,18H,4-7,9,16H2,1H3. The summed E-state index contributed by atoms with van der Waals surface area (Å²) >= 11 is 0. The molecule has 1 unspecified atom stereocenters. The fourth-order valence-electron chi connectivity index (χ4n) is 2.52. The molecule has 1 saturated heterocycles. The number of aliphatic hydroxyl groups excluding tert-OH is 1. The first-order chi connectivity index (χ1) is 8.56. The zero-order chi connectivity index (χ0) is 13.1. The van der Waals surface area contributed by atoms with E-state index in [4.69, 9.17) is 5.73 Å². The normalized spacial score (nSPS) is 19.9. The lowest BCUT2D eigenvalue weighted by atomic mass is 9.92. The molecule has 100 valence electrons. The zero-order valence-electron chi connectivity index (χ0n) is 10.8. The smallest absolute Gasteiger partial charge is 0.146 e. The molecular formula is C14H21FN2O. The molecule has 1 aliphatic rings. The van der Waals surface area contributed by atoms with Crippen molar-refractivity contribution in [3.8, 4) is 0 Å². The van der Waals surface area contributed by atoms with Crippen LogP contribution in [0.25, 0.3) is 0 Å². The van der Waals surface area contributed by atoms with Gasteiger partial charge in [0.05, 0.1) is 11.8 Å². The summed E-state index contributed by atoms with van der Waals surface area (Å²) in [5.74, 6) is 0.0655. The molecule has 0 radical (unpaired) electrons. The van der Waals surface area contributed by atoms with Crippen LogP contribution in [0.3, 0.4) is 0 Å². The molecule has 1 aromatic carbocycles. The molecule has 0 saturated carbocycles. The topological polar surface area (TPSA) is 49.5 Å². The third-order valence-electron chi connectivity index (χ3n) is 3.79. The van der Waals surface area contributed by atoms with E-state index in [0.717, 1.165) is 38.0 Å². The highest BCUT2D eigenvalue weighted by Gasteiger charge is 2.22. The summed E-state index contributed by atoms with van der Waals surface area (Å²) < 4.78 is 13.3. The Bertz CT molecular complexity index is 401. The first-order valence-corrected chi connectivity index (χ1v) is 6.50. The first kappa shape index (κ1) is 13.3. The molecule has 0 aromatic heterocycles. The summed E-state index contributed by atoms with van der Waals surface area (Å²) in [6.45, 7) is 4.53. The lowest BCUT2D eigenvalue weighted by molar-refractivity contribution is 0.0695. The van der Waals surface area contributed by atoms with Crippen molar-refractivity contribution in [2.24, 2.45) is 5.92 Å². The van der Waals surface area contributed by atoms with Gasteiger partial charge >= 0.3 is 0 Å². The third kappa shape index (κ3) is 3.21. The molecule has 4 heteroatoms. The maximum Gasteiger partial charge on any atom is 0.146 e. The highest BCUT2D eigenvalue weighted by Crippen LogP contribution is 2.22. The molecule has 2 rings (SSSR count). The van der Waals surface area contributed by atoms with E-state index >= 15 is 0 Å². The van der Waals surface area contributed by atoms with Crippen LogP contribution in [0.2, 0.25) is 0 Å². The number of piperidine rings is 1. The van der Waals surface area contributed by atoms with Crippen molar-refractivity contribution in [2.45, 2.75) is 32.4 Å². The SMILES string of the molecule is CC(O)C1CCN(Cc2ccc(N)c(F)c2)CC1. The minimum atomic E-state index is -0.341. The van der Waals surface area contributed by atoms with E-state index < -0.39 is 0 Å². The molecular weight excluding hydrogens is 231 g/mol. The second kappa shape index (κ2) is 5.67. The minimum Gasteiger partial charge on any atom is -0.396 e. The molecule has 3 N–H and O–H groups in total. The van der Waals surface area contributed by atoms with Crippen LogP contribution in [-0.2, 0) is 6.54 Å². The molecule has 1 atom stereocenters. The molecule has 0 aliphatic carbocycles. The van der Waals surface area contributed by atoms with E-state index in [1.807, 2.05) is 13.0 Å². The van der Waals surface area contributed by atoms with Crippen LogP contribution >= 0.6 is 0 Å². The number of aliphatic hydroxyl groups is 1. The van der Waals surface area contributed by atoms with Gasteiger partial charge in [-0.1, -0.05) is 6.07 Å². The first-order valence-electron chi connectivity index (χ1n) is 6.50.